The average Bonchev–Trinajstić information content (AvgIpc) is 2.68. The Hall–Kier alpha value is -2.47. The Morgan fingerprint density at radius 3 is 2.67 bits per heavy atom. The Balaban J connectivity index is 2.20. The van der Waals surface area contributed by atoms with E-state index in [0.717, 1.165) is 18.5 Å². The second kappa shape index (κ2) is 9.13. The van der Waals surface area contributed by atoms with Crippen LogP contribution in [0.25, 0.3) is 0 Å². The Morgan fingerprint density at radius 1 is 1.30 bits per heavy atom. The van der Waals surface area contributed by atoms with Gasteiger partial charge in [0.15, 0.2) is 17.3 Å². The lowest BCUT2D eigenvalue weighted by Crippen LogP contribution is -2.34. The largest absolute Gasteiger partial charge is 0.493 e. The van der Waals surface area contributed by atoms with E-state index in [1.807, 2.05) is 20.8 Å². The monoisotopic (exact) mass is 433 g/mol. The molecule has 0 fully saturated rings. The first-order valence-electron chi connectivity index (χ1n) is 10.2. The van der Waals surface area contributed by atoms with Crippen LogP contribution in [-0.4, -0.2) is 31.6 Å². The van der Waals surface area contributed by atoms with E-state index < -0.39 is 11.9 Å². The van der Waals surface area contributed by atoms with Gasteiger partial charge < -0.3 is 19.5 Å². The van der Waals surface area contributed by atoms with Crippen molar-refractivity contribution in [1.29, 1.82) is 0 Å². The fraction of sp³-hybridized carbons (Fsp3) is 0.478. The highest BCUT2D eigenvalue weighted by atomic mass is 35.5. The summed E-state index contributed by atoms with van der Waals surface area (Å²) in [6, 6.07) is 3.54. The minimum absolute atomic E-state index is 0.0284. The van der Waals surface area contributed by atoms with Crippen molar-refractivity contribution < 1.29 is 23.8 Å². The van der Waals surface area contributed by atoms with Gasteiger partial charge >= 0.3 is 5.97 Å². The van der Waals surface area contributed by atoms with Crippen LogP contribution in [0.4, 0.5) is 0 Å². The first kappa shape index (κ1) is 22.2. The molecule has 0 radical (unpaired) electrons. The molecule has 1 atom stereocenters. The zero-order valence-corrected chi connectivity index (χ0v) is 18.8. The smallest absolute Gasteiger partial charge is 0.336 e. The van der Waals surface area contributed by atoms with Gasteiger partial charge in [-0.1, -0.05) is 11.6 Å². The molecule has 0 aromatic heterocycles. The molecule has 6 nitrogen and oxygen atoms in total. The Bertz CT molecular complexity index is 932. The predicted molar refractivity (Wildman–Crippen MR) is 115 cm³/mol. The fourth-order valence-corrected chi connectivity index (χ4v) is 4.32. The number of rotatable bonds is 6. The molecule has 162 valence electrons. The number of carbonyl (C=O) groups is 2. The number of nitrogens with one attached hydrogen (secondary N) is 1. The number of halogens is 1. The van der Waals surface area contributed by atoms with Crippen LogP contribution < -0.4 is 14.8 Å². The number of Topliss-reactive ketones (excluding diaryl/α,β-unsaturated/α-hetero) is 1. The van der Waals surface area contributed by atoms with Gasteiger partial charge in [-0.25, -0.2) is 4.79 Å². The fourth-order valence-electron chi connectivity index (χ4n) is 4.05. The van der Waals surface area contributed by atoms with Crippen molar-refractivity contribution >= 4 is 23.4 Å². The van der Waals surface area contributed by atoms with Crippen LogP contribution in [0.5, 0.6) is 11.5 Å². The van der Waals surface area contributed by atoms with Crippen molar-refractivity contribution in [2.24, 2.45) is 0 Å². The molecular weight excluding hydrogens is 406 g/mol. The van der Waals surface area contributed by atoms with E-state index in [9.17, 15) is 9.59 Å². The normalized spacial score (nSPS) is 18.9. The van der Waals surface area contributed by atoms with E-state index in [2.05, 4.69) is 5.32 Å². The van der Waals surface area contributed by atoms with Gasteiger partial charge in [-0.05, 0) is 58.2 Å². The van der Waals surface area contributed by atoms with E-state index in [4.69, 9.17) is 25.8 Å². The maximum atomic E-state index is 12.9. The van der Waals surface area contributed by atoms with Gasteiger partial charge in [0, 0.05) is 29.3 Å². The summed E-state index contributed by atoms with van der Waals surface area (Å²) in [5, 5.41) is 3.63. The summed E-state index contributed by atoms with van der Waals surface area (Å²) in [4.78, 5) is 25.8. The summed E-state index contributed by atoms with van der Waals surface area (Å²) in [7, 11) is 1.54. The van der Waals surface area contributed by atoms with E-state index >= 15 is 0 Å². The number of hydrogen-bond acceptors (Lipinski definition) is 6. The number of hydrogen-bond donors (Lipinski definition) is 1. The molecule has 1 aromatic rings. The van der Waals surface area contributed by atoms with E-state index in [1.54, 1.807) is 19.1 Å². The van der Waals surface area contributed by atoms with Gasteiger partial charge in [0.05, 0.1) is 30.4 Å². The van der Waals surface area contributed by atoms with Gasteiger partial charge in [-0.15, -0.1) is 0 Å². The van der Waals surface area contributed by atoms with Crippen molar-refractivity contribution in [1.82, 2.24) is 5.32 Å². The van der Waals surface area contributed by atoms with E-state index in [-0.39, 0.29) is 18.5 Å². The lowest BCUT2D eigenvalue weighted by molar-refractivity contribution is -0.138. The molecule has 1 aliphatic carbocycles. The Labute approximate surface area is 182 Å². The minimum atomic E-state index is -0.576. The number of benzene rings is 1. The molecule has 3 rings (SSSR count). The van der Waals surface area contributed by atoms with Gasteiger partial charge in [0.25, 0.3) is 0 Å². The Morgan fingerprint density at radius 2 is 2.03 bits per heavy atom. The average molecular weight is 434 g/mol. The van der Waals surface area contributed by atoms with Crippen LogP contribution in [-0.2, 0) is 14.3 Å². The molecule has 1 unspecified atom stereocenters. The summed E-state index contributed by atoms with van der Waals surface area (Å²) in [5.41, 5.74) is 3.26. The number of esters is 1. The van der Waals surface area contributed by atoms with Crippen molar-refractivity contribution in [2.45, 2.75) is 59.0 Å². The van der Waals surface area contributed by atoms with Crippen molar-refractivity contribution in [3.8, 4) is 11.5 Å². The second-order valence-electron chi connectivity index (χ2n) is 7.69. The molecule has 2 aliphatic rings. The molecule has 0 saturated heterocycles. The number of methoxy groups -OCH3 is 1. The number of dihydropyridines is 1. The van der Waals surface area contributed by atoms with Gasteiger partial charge in [-0.3, -0.25) is 4.79 Å². The van der Waals surface area contributed by atoms with Crippen LogP contribution >= 0.6 is 11.6 Å². The van der Waals surface area contributed by atoms with Crippen molar-refractivity contribution in [3.05, 3.63) is 45.3 Å². The SMILES string of the molecule is CCOC(=O)C1=C(C)NC2=C(C(=O)CCC2)C1c1cc(Cl)c(OC(C)C)c(OC)c1. The zero-order chi connectivity index (χ0) is 22.0. The van der Waals surface area contributed by atoms with E-state index in [0.29, 0.717) is 45.3 Å². The molecular formula is C23H28ClNO5. The number of carbonyl (C=O) groups excluding carboxylic acids is 2. The molecule has 1 N–H and O–H groups in total. The quantitative estimate of drug-likeness (QED) is 0.657. The van der Waals surface area contributed by atoms with Crippen LogP contribution in [0.15, 0.2) is 34.7 Å². The predicted octanol–water partition coefficient (Wildman–Crippen LogP) is 4.67. The summed E-state index contributed by atoms with van der Waals surface area (Å²) >= 11 is 6.56. The third-order valence-corrected chi connectivity index (χ3v) is 5.49. The highest BCUT2D eigenvalue weighted by Gasteiger charge is 2.39. The first-order chi connectivity index (χ1) is 14.3. The molecule has 0 spiro atoms. The van der Waals surface area contributed by atoms with E-state index in [1.165, 1.54) is 7.11 Å². The van der Waals surface area contributed by atoms with Crippen LogP contribution in [0.1, 0.15) is 58.4 Å². The lowest BCUT2D eigenvalue weighted by Gasteiger charge is -2.34. The summed E-state index contributed by atoms with van der Waals surface area (Å²) < 4.78 is 16.7. The van der Waals surface area contributed by atoms with Gasteiger partial charge in [0.1, 0.15) is 0 Å². The third kappa shape index (κ3) is 4.19. The molecule has 0 bridgehead atoms. The summed E-state index contributed by atoms with van der Waals surface area (Å²) in [6.45, 7) is 7.64. The third-order valence-electron chi connectivity index (χ3n) is 5.21. The molecule has 0 amide bonds. The zero-order valence-electron chi connectivity index (χ0n) is 18.1. The maximum absolute atomic E-state index is 12.9. The standard InChI is InChI=1S/C23H28ClNO5/c1-6-29-23(27)19-13(4)25-16-8-7-9-17(26)21(16)20(19)14-10-15(24)22(30-12(2)3)18(11-14)28-5/h10-12,20,25H,6-9H2,1-5H3. The number of ether oxygens (including phenoxy) is 3. The van der Waals surface area contributed by atoms with Crippen molar-refractivity contribution in [3.63, 3.8) is 0 Å². The molecule has 1 aromatic carbocycles. The molecule has 0 saturated carbocycles. The summed E-state index contributed by atoms with van der Waals surface area (Å²) in [6.07, 6.45) is 1.90. The summed E-state index contributed by atoms with van der Waals surface area (Å²) in [5.74, 6) is -0.103. The van der Waals surface area contributed by atoms with Gasteiger partial charge in [0.2, 0.25) is 0 Å². The molecule has 30 heavy (non-hydrogen) atoms. The highest BCUT2D eigenvalue weighted by molar-refractivity contribution is 6.32. The second-order valence-corrected chi connectivity index (χ2v) is 8.09. The number of allylic oxidation sites excluding steroid dienone is 3. The topological polar surface area (TPSA) is 73.9 Å². The molecule has 1 aliphatic heterocycles. The molecule has 7 heteroatoms. The van der Waals surface area contributed by atoms with Crippen LogP contribution in [0.3, 0.4) is 0 Å². The highest BCUT2D eigenvalue weighted by Crippen LogP contribution is 2.46. The lowest BCUT2D eigenvalue weighted by atomic mass is 9.75. The van der Waals surface area contributed by atoms with Gasteiger partial charge in [-0.2, -0.15) is 0 Å². The maximum Gasteiger partial charge on any atom is 0.336 e. The molecule has 1 heterocycles. The minimum Gasteiger partial charge on any atom is -0.493 e. The van der Waals surface area contributed by atoms with Crippen molar-refractivity contribution in [2.75, 3.05) is 13.7 Å². The van der Waals surface area contributed by atoms with Crippen LogP contribution in [0, 0.1) is 0 Å². The number of ketones is 1. The Kier molecular flexibility index (Phi) is 6.76. The van der Waals surface area contributed by atoms with Crippen LogP contribution in [0.2, 0.25) is 5.02 Å². The first-order valence-corrected chi connectivity index (χ1v) is 10.6.